The number of fused-ring (bicyclic) bond motifs is 6. The Kier molecular flexibility index (Phi) is 10.8. The Morgan fingerprint density at radius 2 is 1.30 bits per heavy atom. The second-order valence-corrected chi connectivity index (χ2v) is 20.3. The van der Waals surface area contributed by atoms with Crippen LogP contribution in [0.15, 0.2) is 0 Å². The van der Waals surface area contributed by atoms with Crippen molar-refractivity contribution in [1.82, 2.24) is 0 Å². The highest BCUT2D eigenvalue weighted by Gasteiger charge is 2.59. The highest BCUT2D eigenvalue weighted by atomic mass is 32.2. The molecule has 0 spiro atoms. The van der Waals surface area contributed by atoms with Crippen LogP contribution in [0.1, 0.15) is 129 Å². The van der Waals surface area contributed by atoms with Gasteiger partial charge in [-0.2, -0.15) is 17.2 Å². The molecule has 300 valence electrons. The summed E-state index contributed by atoms with van der Waals surface area (Å²) in [5.74, 6) is -1.10. The lowest BCUT2D eigenvalue weighted by molar-refractivity contribution is -0.249. The molecule has 6 aliphatic carbocycles. The van der Waals surface area contributed by atoms with Crippen LogP contribution in [0.3, 0.4) is 0 Å². The zero-order valence-corrected chi connectivity index (χ0v) is 32.1. The van der Waals surface area contributed by atoms with E-state index in [2.05, 4.69) is 13.8 Å². The summed E-state index contributed by atoms with van der Waals surface area (Å²) in [7, 11) is -6.01. The van der Waals surface area contributed by atoms with E-state index in [9.17, 15) is 31.6 Å². The maximum Gasteiger partial charge on any atom is 0.465 e. The van der Waals surface area contributed by atoms with Gasteiger partial charge in [0.15, 0.2) is 5.60 Å². The molecule has 0 aromatic heterocycles. The van der Waals surface area contributed by atoms with Crippen LogP contribution in [-0.4, -0.2) is 79.9 Å². The first-order valence-electron chi connectivity index (χ1n) is 20.1. The minimum atomic E-state index is -6.01. The lowest BCUT2D eigenvalue weighted by atomic mass is 9.59. The van der Waals surface area contributed by atoms with Crippen molar-refractivity contribution in [2.45, 2.75) is 152 Å². The van der Waals surface area contributed by atoms with E-state index in [0.717, 1.165) is 83.5 Å². The van der Waals surface area contributed by atoms with E-state index in [1.54, 1.807) is 0 Å². The first-order valence-corrected chi connectivity index (χ1v) is 21.6. The topological polar surface area (TPSA) is 152 Å². The highest BCUT2D eigenvalue weighted by Crippen LogP contribution is 2.54. The van der Waals surface area contributed by atoms with Gasteiger partial charge in [-0.25, -0.2) is 4.79 Å². The molecule has 1 saturated heterocycles. The Labute approximate surface area is 312 Å². The molecule has 10 atom stereocenters. The minimum absolute atomic E-state index is 0.0276. The second-order valence-electron chi connectivity index (χ2n) is 18.8. The zero-order valence-electron chi connectivity index (χ0n) is 31.3. The fourth-order valence-corrected chi connectivity index (χ4v) is 12.6. The van der Waals surface area contributed by atoms with Crippen molar-refractivity contribution in [3.63, 3.8) is 0 Å². The van der Waals surface area contributed by atoms with Gasteiger partial charge in [0.2, 0.25) is 0 Å². The average molecular weight is 773 g/mol. The first kappa shape index (κ1) is 39.3. The number of carbonyl (C=O) groups is 3. The van der Waals surface area contributed by atoms with E-state index in [-0.39, 0.29) is 63.0 Å². The molecule has 1 N–H and O–H groups in total. The Balaban J connectivity index is 1.05. The predicted molar refractivity (Wildman–Crippen MR) is 186 cm³/mol. The molecule has 53 heavy (non-hydrogen) atoms. The summed E-state index contributed by atoms with van der Waals surface area (Å²) in [5.41, 5.74) is -3.63. The van der Waals surface area contributed by atoms with Crippen LogP contribution in [0.5, 0.6) is 0 Å². The molecule has 0 aromatic rings. The molecule has 0 radical (unpaired) electrons. The van der Waals surface area contributed by atoms with Gasteiger partial charge in [-0.05, 0) is 119 Å². The lowest BCUT2D eigenvalue weighted by Crippen LogP contribution is -2.58. The van der Waals surface area contributed by atoms with E-state index in [1.807, 2.05) is 0 Å². The SMILES string of the molecule is CC1CC2CCCC(C(=O)OCC3(COC(=O)C45CCCC(CC(C)C4)C5)COC(C4CC5CCCC(OC(=O)C(F)(F)S(=O)(=O)O)(C5)C4)CO3)(C1)C2. The molecule has 7 aliphatic rings. The van der Waals surface area contributed by atoms with Crippen LogP contribution in [0, 0.1) is 46.3 Å². The predicted octanol–water partition coefficient (Wildman–Crippen LogP) is 6.80. The number of hydrogen-bond acceptors (Lipinski definition) is 10. The molecule has 0 amide bonds. The highest BCUT2D eigenvalue weighted by molar-refractivity contribution is 7.87. The molecular weight excluding hydrogens is 714 g/mol. The Bertz CT molecular complexity index is 1450. The lowest BCUT2D eigenvalue weighted by Gasteiger charge is -2.51. The fraction of sp³-hybridized carbons (Fsp3) is 0.923. The molecule has 10 unspecified atom stereocenters. The summed E-state index contributed by atoms with van der Waals surface area (Å²) in [5, 5.41) is -5.08. The standard InChI is InChI=1S/C39H58F2O11S/c1-25-12-27-6-3-9-35(15-25,17-27)32(42)49-23-38(24-50-33(43)36-10-4-7-28(18-36)13-26(2)16-36)22-48-31(21-51-38)30-14-29-8-5-11-37(19-29,20-30)52-34(44)39(40,41)53(45,46)47/h25-31H,3-24H2,1-2H3,(H,45,46,47). The van der Waals surface area contributed by atoms with Crippen molar-refractivity contribution in [3.05, 3.63) is 0 Å². The van der Waals surface area contributed by atoms with Gasteiger partial charge in [-0.1, -0.05) is 46.0 Å². The average Bonchev–Trinajstić information content (AvgIpc) is 3.08. The van der Waals surface area contributed by atoms with Crippen LogP contribution in [0.4, 0.5) is 8.78 Å². The summed E-state index contributed by atoms with van der Waals surface area (Å²) >= 11 is 0. The quantitative estimate of drug-likeness (QED) is 0.142. The van der Waals surface area contributed by atoms with Crippen molar-refractivity contribution in [1.29, 1.82) is 0 Å². The Morgan fingerprint density at radius 1 is 0.774 bits per heavy atom. The molecule has 11 nitrogen and oxygen atoms in total. The Morgan fingerprint density at radius 3 is 1.81 bits per heavy atom. The van der Waals surface area contributed by atoms with E-state index in [1.165, 1.54) is 0 Å². The van der Waals surface area contributed by atoms with Crippen molar-refractivity contribution in [2.24, 2.45) is 46.3 Å². The van der Waals surface area contributed by atoms with Crippen LogP contribution >= 0.6 is 0 Å². The maximum absolute atomic E-state index is 14.3. The van der Waals surface area contributed by atoms with Crippen LogP contribution < -0.4 is 0 Å². The number of rotatable bonds is 10. The van der Waals surface area contributed by atoms with Gasteiger partial charge in [-0.3, -0.25) is 14.1 Å². The first-order chi connectivity index (χ1) is 25.0. The van der Waals surface area contributed by atoms with Crippen molar-refractivity contribution in [3.8, 4) is 0 Å². The van der Waals surface area contributed by atoms with Gasteiger partial charge < -0.3 is 23.7 Å². The molecule has 7 fully saturated rings. The molecule has 0 aromatic carbocycles. The van der Waals surface area contributed by atoms with Gasteiger partial charge in [0.1, 0.15) is 18.8 Å². The third kappa shape index (κ3) is 7.90. The van der Waals surface area contributed by atoms with Crippen LogP contribution in [0.2, 0.25) is 0 Å². The number of halogens is 2. The van der Waals surface area contributed by atoms with Crippen molar-refractivity contribution < 1.29 is 59.8 Å². The monoisotopic (exact) mass is 772 g/mol. The molecule has 14 heteroatoms. The summed E-state index contributed by atoms with van der Waals surface area (Å²) < 4.78 is 90.8. The summed E-state index contributed by atoms with van der Waals surface area (Å²) in [6.07, 6.45) is 13.6. The fourth-order valence-electron chi connectivity index (χ4n) is 12.3. The van der Waals surface area contributed by atoms with Gasteiger partial charge in [0.05, 0.1) is 30.1 Å². The van der Waals surface area contributed by atoms with Crippen LogP contribution in [-0.2, 0) is 48.2 Å². The summed E-state index contributed by atoms with van der Waals surface area (Å²) in [6, 6.07) is 0. The van der Waals surface area contributed by atoms with Gasteiger partial charge >= 0.3 is 33.3 Å². The molecule has 7 rings (SSSR count). The van der Waals surface area contributed by atoms with Crippen molar-refractivity contribution in [2.75, 3.05) is 26.4 Å². The third-order valence-corrected chi connectivity index (χ3v) is 15.1. The van der Waals surface area contributed by atoms with Gasteiger partial charge in [0.25, 0.3) is 0 Å². The van der Waals surface area contributed by atoms with Gasteiger partial charge in [0, 0.05) is 0 Å². The summed E-state index contributed by atoms with van der Waals surface area (Å²) in [6.45, 7) is 4.13. The minimum Gasteiger partial charge on any atom is -0.462 e. The van der Waals surface area contributed by atoms with E-state index < -0.39 is 49.5 Å². The number of alkyl halides is 2. The zero-order chi connectivity index (χ0) is 37.9. The third-order valence-electron chi connectivity index (χ3n) is 14.3. The molecule has 1 aliphatic heterocycles. The summed E-state index contributed by atoms with van der Waals surface area (Å²) in [4.78, 5) is 40.3. The number of hydrogen-bond donors (Lipinski definition) is 1. The number of esters is 3. The van der Waals surface area contributed by atoms with Gasteiger partial charge in [-0.15, -0.1) is 0 Å². The molecular formula is C39H58F2O11S. The molecule has 1 heterocycles. The van der Waals surface area contributed by atoms with E-state index in [0.29, 0.717) is 42.9 Å². The number of ether oxygens (including phenoxy) is 5. The van der Waals surface area contributed by atoms with E-state index >= 15 is 0 Å². The molecule has 6 bridgehead atoms. The van der Waals surface area contributed by atoms with E-state index in [4.69, 9.17) is 28.2 Å². The second kappa shape index (κ2) is 14.6. The maximum atomic E-state index is 14.3. The smallest absolute Gasteiger partial charge is 0.462 e. The molecule has 6 saturated carbocycles. The van der Waals surface area contributed by atoms with Crippen LogP contribution in [0.25, 0.3) is 0 Å². The number of carbonyl (C=O) groups excluding carboxylic acids is 3. The normalized spacial score (nSPS) is 42.9. The Hall–Kier alpha value is -1.90. The van der Waals surface area contributed by atoms with Crippen molar-refractivity contribution >= 4 is 28.0 Å². The largest absolute Gasteiger partial charge is 0.465 e.